The molecule has 4 atom stereocenters. The van der Waals surface area contributed by atoms with Crippen LogP contribution in [0.1, 0.15) is 20.1 Å². The van der Waals surface area contributed by atoms with Gasteiger partial charge in [0.2, 0.25) is 0 Å². The number of aromatic nitrogens is 4. The third-order valence-electron chi connectivity index (χ3n) is 3.70. The van der Waals surface area contributed by atoms with E-state index in [0.717, 1.165) is 0 Å². The normalized spacial score (nSPS) is 25.4. The summed E-state index contributed by atoms with van der Waals surface area (Å²) in [5.74, 6) is -1.18. The zero-order valence-corrected chi connectivity index (χ0v) is 16.5. The van der Waals surface area contributed by atoms with Crippen molar-refractivity contribution in [3.05, 3.63) is 15.3 Å². The molecule has 0 bridgehead atoms. The number of carbonyl (C=O) groups is 2. The van der Waals surface area contributed by atoms with Gasteiger partial charge in [-0.15, -0.1) is 0 Å². The summed E-state index contributed by atoms with van der Waals surface area (Å²) in [6, 6.07) is 0. The number of halogens is 2. The highest BCUT2D eigenvalue weighted by Gasteiger charge is 2.50. The molecule has 0 radical (unpaired) electrons. The van der Waals surface area contributed by atoms with E-state index in [0.29, 0.717) is 15.0 Å². The third-order valence-corrected chi connectivity index (χ3v) is 4.44. The topological polar surface area (TPSA) is 126 Å². The average molecular weight is 497 g/mol. The second-order valence-electron chi connectivity index (χ2n) is 5.50. The number of fused-ring (bicyclic) bond motifs is 1. The average Bonchev–Trinajstić information content (AvgIpc) is 3.09. The van der Waals surface area contributed by atoms with E-state index in [-0.39, 0.29) is 5.15 Å². The van der Waals surface area contributed by atoms with E-state index in [1.54, 1.807) is 0 Å². The monoisotopic (exact) mass is 496 g/mol. The van der Waals surface area contributed by atoms with Gasteiger partial charge in [0.15, 0.2) is 33.1 Å². The zero-order valence-electron chi connectivity index (χ0n) is 13.6. The molecule has 140 valence electrons. The molecule has 0 aromatic carbocycles. The smallest absolute Gasteiger partial charge is 0.303 e. The number of aliphatic hydroxyl groups is 1. The summed E-state index contributed by atoms with van der Waals surface area (Å²) in [5, 5.41) is 9.75. The van der Waals surface area contributed by atoms with Crippen LogP contribution >= 0.6 is 34.2 Å². The van der Waals surface area contributed by atoms with Gasteiger partial charge in [0.1, 0.15) is 11.6 Å². The first-order chi connectivity index (χ1) is 12.3. The van der Waals surface area contributed by atoms with Crippen molar-refractivity contribution < 1.29 is 28.9 Å². The summed E-state index contributed by atoms with van der Waals surface area (Å²) in [7, 11) is 0. The van der Waals surface area contributed by atoms with Gasteiger partial charge in [-0.25, -0.2) is 15.0 Å². The molecule has 0 aliphatic carbocycles. The van der Waals surface area contributed by atoms with E-state index in [9.17, 15) is 14.7 Å². The van der Waals surface area contributed by atoms with Gasteiger partial charge in [0.25, 0.3) is 0 Å². The van der Waals surface area contributed by atoms with Gasteiger partial charge in [-0.05, 0) is 0 Å². The lowest BCUT2D eigenvalue weighted by Crippen LogP contribution is -2.40. The van der Waals surface area contributed by atoms with Crippen LogP contribution in [0, 0.1) is 3.83 Å². The molecule has 0 amide bonds. The molecule has 3 rings (SSSR count). The highest BCUT2D eigenvalue weighted by Crippen LogP contribution is 2.36. The molecule has 1 aliphatic heterocycles. The van der Waals surface area contributed by atoms with Gasteiger partial charge in [0.05, 0.1) is 12.9 Å². The van der Waals surface area contributed by atoms with Gasteiger partial charge in [-0.2, -0.15) is 0 Å². The van der Waals surface area contributed by atoms with Crippen molar-refractivity contribution in [2.45, 2.75) is 38.4 Å². The van der Waals surface area contributed by atoms with Crippen LogP contribution in [-0.4, -0.2) is 61.5 Å². The molecule has 1 unspecified atom stereocenters. The van der Waals surface area contributed by atoms with Crippen molar-refractivity contribution in [1.82, 2.24) is 19.5 Å². The molecule has 1 aliphatic rings. The van der Waals surface area contributed by atoms with E-state index in [1.807, 2.05) is 22.6 Å². The number of hydrogen-bond acceptors (Lipinski definition) is 9. The highest BCUT2D eigenvalue weighted by molar-refractivity contribution is 14.1. The molecule has 2 aromatic rings. The van der Waals surface area contributed by atoms with Gasteiger partial charge in [-0.1, -0.05) is 11.6 Å². The lowest BCUT2D eigenvalue weighted by Gasteiger charge is -2.23. The fourth-order valence-electron chi connectivity index (χ4n) is 2.77. The number of hydrogen-bond donors (Lipinski definition) is 1. The summed E-state index contributed by atoms with van der Waals surface area (Å²) in [5.41, 5.74) is 0.699. The van der Waals surface area contributed by atoms with Crippen LogP contribution < -0.4 is 0 Å². The Morgan fingerprint density at radius 3 is 2.58 bits per heavy atom. The Hall–Kier alpha value is -1.57. The molecule has 12 heteroatoms. The molecular weight excluding hydrogens is 483 g/mol. The van der Waals surface area contributed by atoms with Crippen LogP contribution in [0.25, 0.3) is 11.2 Å². The van der Waals surface area contributed by atoms with E-state index in [4.69, 9.17) is 25.8 Å². The Balaban J connectivity index is 2.07. The van der Waals surface area contributed by atoms with Crippen LogP contribution in [0.15, 0.2) is 6.33 Å². The molecule has 1 N–H and O–H groups in total. The Bertz CT molecular complexity index is 861. The number of nitrogens with zero attached hydrogens (tertiary/aromatic N) is 4. The Morgan fingerprint density at radius 1 is 1.31 bits per heavy atom. The van der Waals surface area contributed by atoms with Gasteiger partial charge in [-0.3, -0.25) is 14.2 Å². The number of aliphatic hydroxyl groups excluding tert-OH is 1. The molecule has 2 aromatic heterocycles. The van der Waals surface area contributed by atoms with E-state index in [1.165, 1.54) is 24.7 Å². The quantitative estimate of drug-likeness (QED) is 0.284. The third kappa shape index (κ3) is 3.61. The Morgan fingerprint density at radius 2 is 1.96 bits per heavy atom. The summed E-state index contributed by atoms with van der Waals surface area (Å²) >= 11 is 7.99. The highest BCUT2D eigenvalue weighted by atomic mass is 127. The van der Waals surface area contributed by atoms with Crippen molar-refractivity contribution in [1.29, 1.82) is 0 Å². The second-order valence-corrected chi connectivity index (χ2v) is 6.83. The van der Waals surface area contributed by atoms with Crippen LogP contribution in [0.2, 0.25) is 5.15 Å². The lowest BCUT2D eigenvalue weighted by molar-refractivity contribution is -0.165. The van der Waals surface area contributed by atoms with Crippen molar-refractivity contribution in [2.75, 3.05) is 6.61 Å². The summed E-state index contributed by atoms with van der Waals surface area (Å²) in [6.07, 6.45) is -2.39. The predicted molar refractivity (Wildman–Crippen MR) is 95.2 cm³/mol. The van der Waals surface area contributed by atoms with Gasteiger partial charge in [0, 0.05) is 36.4 Å². The molecule has 1 fully saturated rings. The van der Waals surface area contributed by atoms with E-state index in [2.05, 4.69) is 15.0 Å². The first-order valence-corrected chi connectivity index (χ1v) is 8.93. The van der Waals surface area contributed by atoms with Crippen LogP contribution in [0.4, 0.5) is 0 Å². The SMILES string of the molecule is CC(=O)OC1[C@@H](CO)O[C@@H](n2cnc3c(Cl)nc(I)nc32)[C@H]1OC(C)=O. The summed E-state index contributed by atoms with van der Waals surface area (Å²) in [6.45, 7) is 2.00. The maximum Gasteiger partial charge on any atom is 0.303 e. The first-order valence-electron chi connectivity index (χ1n) is 7.48. The van der Waals surface area contributed by atoms with E-state index >= 15 is 0 Å². The fraction of sp³-hybridized carbons (Fsp3) is 0.500. The predicted octanol–water partition coefficient (Wildman–Crippen LogP) is 0.837. The van der Waals surface area contributed by atoms with Crippen molar-refractivity contribution in [2.24, 2.45) is 0 Å². The van der Waals surface area contributed by atoms with Crippen molar-refractivity contribution in [3.8, 4) is 0 Å². The minimum absolute atomic E-state index is 0.162. The number of rotatable bonds is 4. The molecular formula is C14H14ClIN4O6. The zero-order chi connectivity index (χ0) is 19.0. The standard InChI is InChI=1S/C14H14ClIN4O6/c1-5(22)24-9-7(3-21)26-13(10(9)25-6(2)23)20-4-17-8-11(15)18-14(16)19-12(8)20/h4,7,9-10,13,21H,3H2,1-2H3/t7-,9?,10+,13-/m1/s1. The first kappa shape index (κ1) is 19.2. The van der Waals surface area contributed by atoms with Crippen LogP contribution in [-0.2, 0) is 23.8 Å². The van der Waals surface area contributed by atoms with Crippen molar-refractivity contribution >= 4 is 57.3 Å². The number of ether oxygens (including phenoxy) is 3. The summed E-state index contributed by atoms with van der Waals surface area (Å²) < 4.78 is 18.2. The summed E-state index contributed by atoms with van der Waals surface area (Å²) in [4.78, 5) is 35.5. The molecule has 3 heterocycles. The Labute approximate surface area is 165 Å². The minimum atomic E-state index is -1.00. The molecule has 10 nitrogen and oxygen atoms in total. The minimum Gasteiger partial charge on any atom is -0.456 e. The Kier molecular flexibility index (Phi) is 5.60. The maximum atomic E-state index is 11.6. The van der Waals surface area contributed by atoms with E-state index < -0.39 is 43.1 Å². The lowest BCUT2D eigenvalue weighted by atomic mass is 10.1. The van der Waals surface area contributed by atoms with Crippen LogP contribution in [0.5, 0.6) is 0 Å². The fourth-order valence-corrected chi connectivity index (χ4v) is 3.60. The maximum absolute atomic E-state index is 11.6. The second kappa shape index (κ2) is 7.58. The van der Waals surface area contributed by atoms with Crippen molar-refractivity contribution in [3.63, 3.8) is 0 Å². The molecule has 0 spiro atoms. The molecule has 0 saturated carbocycles. The number of carbonyl (C=O) groups excluding carboxylic acids is 2. The van der Waals surface area contributed by atoms with Gasteiger partial charge < -0.3 is 19.3 Å². The number of esters is 2. The van der Waals surface area contributed by atoms with Gasteiger partial charge >= 0.3 is 11.9 Å². The number of imidazole rings is 1. The molecule has 26 heavy (non-hydrogen) atoms. The molecule has 1 saturated heterocycles. The largest absolute Gasteiger partial charge is 0.456 e. The van der Waals surface area contributed by atoms with Crippen LogP contribution in [0.3, 0.4) is 0 Å².